The number of halogens is 6. The zero-order valence-electron chi connectivity index (χ0n) is 14.9. The van der Waals surface area contributed by atoms with Crippen molar-refractivity contribution in [3.05, 3.63) is 51.7 Å². The van der Waals surface area contributed by atoms with Crippen molar-refractivity contribution in [2.24, 2.45) is 7.05 Å². The van der Waals surface area contributed by atoms with Crippen LogP contribution >= 0.6 is 0 Å². The quantitative estimate of drug-likeness (QED) is 0.731. The smallest absolute Gasteiger partial charge is 0.299 e. The molecular weight excluding hydrogens is 390 g/mol. The molecule has 3 rings (SSSR count). The highest BCUT2D eigenvalue weighted by Gasteiger charge is 2.39. The zero-order chi connectivity index (χ0) is 20.7. The van der Waals surface area contributed by atoms with E-state index in [0.717, 1.165) is 23.9 Å². The summed E-state index contributed by atoms with van der Waals surface area (Å²) in [5.41, 5.74) is -1.05. The average Bonchev–Trinajstić information content (AvgIpc) is 2.91. The number of nitrogens with zero attached hydrogens (tertiary/aromatic N) is 4. The Labute approximate surface area is 156 Å². The molecule has 1 aromatic carbocycles. The van der Waals surface area contributed by atoms with Gasteiger partial charge < -0.3 is 0 Å². The Hall–Kier alpha value is -2.30. The number of hydrogen-bond donors (Lipinski definition) is 0. The van der Waals surface area contributed by atoms with Crippen LogP contribution in [-0.2, 0) is 25.9 Å². The lowest BCUT2D eigenvalue weighted by Crippen LogP contribution is -2.37. The van der Waals surface area contributed by atoms with Crippen molar-refractivity contribution in [1.82, 2.24) is 19.2 Å². The van der Waals surface area contributed by atoms with Crippen molar-refractivity contribution >= 4 is 0 Å². The highest BCUT2D eigenvalue weighted by molar-refractivity contribution is 5.25. The van der Waals surface area contributed by atoms with Crippen molar-refractivity contribution in [1.29, 1.82) is 0 Å². The molecule has 0 aliphatic carbocycles. The molecule has 2 heterocycles. The first-order valence-electron chi connectivity index (χ1n) is 8.58. The molecule has 5 nitrogen and oxygen atoms in total. The summed E-state index contributed by atoms with van der Waals surface area (Å²) < 4.78 is 78.5. The Morgan fingerprint density at radius 3 is 2.25 bits per heavy atom. The summed E-state index contributed by atoms with van der Waals surface area (Å²) in [6, 6.07) is 4.55. The fourth-order valence-corrected chi connectivity index (χ4v) is 3.37. The molecule has 0 saturated carbocycles. The molecule has 1 aliphatic rings. The van der Waals surface area contributed by atoms with Crippen LogP contribution in [0.2, 0.25) is 0 Å². The second-order valence-electron chi connectivity index (χ2n) is 6.81. The van der Waals surface area contributed by atoms with Gasteiger partial charge in [-0.3, -0.25) is 9.47 Å². The van der Waals surface area contributed by atoms with E-state index in [4.69, 9.17) is 0 Å². The van der Waals surface area contributed by atoms with Crippen molar-refractivity contribution in [2.45, 2.75) is 37.8 Å². The molecule has 1 fully saturated rings. The van der Waals surface area contributed by atoms with Crippen LogP contribution < -0.4 is 5.69 Å². The molecule has 0 radical (unpaired) electrons. The maximum absolute atomic E-state index is 12.9. The van der Waals surface area contributed by atoms with Gasteiger partial charge in [-0.15, -0.1) is 5.10 Å². The summed E-state index contributed by atoms with van der Waals surface area (Å²) in [7, 11) is 1.03. The molecule has 1 aliphatic heterocycles. The lowest BCUT2D eigenvalue weighted by molar-refractivity contribution is -0.147. The third-order valence-corrected chi connectivity index (χ3v) is 4.82. The minimum absolute atomic E-state index is 0.293. The number of hydrogen-bond acceptors (Lipinski definition) is 3. The van der Waals surface area contributed by atoms with Gasteiger partial charge in [0, 0.05) is 26.7 Å². The molecule has 11 heteroatoms. The fourth-order valence-electron chi connectivity index (χ4n) is 3.37. The number of aromatic nitrogens is 3. The van der Waals surface area contributed by atoms with E-state index in [2.05, 4.69) is 5.10 Å². The predicted octanol–water partition coefficient (Wildman–Crippen LogP) is 3.46. The predicted molar refractivity (Wildman–Crippen MR) is 87.5 cm³/mol. The van der Waals surface area contributed by atoms with Gasteiger partial charge in [0.2, 0.25) is 5.82 Å². The first-order valence-corrected chi connectivity index (χ1v) is 8.58. The van der Waals surface area contributed by atoms with Crippen LogP contribution in [0.4, 0.5) is 26.3 Å². The molecule has 0 spiro atoms. The van der Waals surface area contributed by atoms with E-state index in [1.165, 1.54) is 6.07 Å². The van der Waals surface area contributed by atoms with Crippen molar-refractivity contribution in [2.75, 3.05) is 13.1 Å². The van der Waals surface area contributed by atoms with E-state index in [0.29, 0.717) is 42.6 Å². The summed E-state index contributed by atoms with van der Waals surface area (Å²) in [5, 5.41) is 3.45. The largest absolute Gasteiger partial charge is 0.451 e. The number of likely N-dealkylation sites (tertiary alicyclic amines) is 1. The molecule has 0 amide bonds. The van der Waals surface area contributed by atoms with E-state index in [1.807, 2.05) is 4.90 Å². The van der Waals surface area contributed by atoms with Gasteiger partial charge in [0.1, 0.15) is 0 Å². The van der Waals surface area contributed by atoms with Crippen LogP contribution in [0.5, 0.6) is 0 Å². The monoisotopic (exact) mass is 408 g/mol. The molecule has 28 heavy (non-hydrogen) atoms. The molecule has 154 valence electrons. The SMILES string of the molecule is Cn1c(C(F)(F)F)nn(C2CCN(Cc3cccc(C(F)(F)F)c3)CC2)c1=O. The zero-order valence-corrected chi connectivity index (χ0v) is 14.9. The summed E-state index contributed by atoms with van der Waals surface area (Å²) in [4.78, 5) is 14.0. The molecule has 0 unspecified atom stereocenters. The average molecular weight is 408 g/mol. The van der Waals surface area contributed by atoms with E-state index >= 15 is 0 Å². The first kappa shape index (κ1) is 20.4. The number of alkyl halides is 6. The van der Waals surface area contributed by atoms with Crippen molar-refractivity contribution in [3.8, 4) is 0 Å². The van der Waals surface area contributed by atoms with Gasteiger partial charge in [-0.05, 0) is 24.5 Å². The number of piperidine rings is 1. The third kappa shape index (κ3) is 4.23. The molecular formula is C17H18F6N4O. The van der Waals surface area contributed by atoms with Gasteiger partial charge in [-0.1, -0.05) is 18.2 Å². The maximum atomic E-state index is 12.9. The Morgan fingerprint density at radius 2 is 1.71 bits per heavy atom. The van der Waals surface area contributed by atoms with Crippen LogP contribution in [0.25, 0.3) is 0 Å². The Bertz CT molecular complexity index is 890. The van der Waals surface area contributed by atoms with E-state index in [1.54, 1.807) is 6.07 Å². The Balaban J connectivity index is 1.67. The first-order chi connectivity index (χ1) is 13.0. The van der Waals surface area contributed by atoms with Gasteiger partial charge in [0.15, 0.2) is 0 Å². The molecule has 1 aromatic heterocycles. The highest BCUT2D eigenvalue weighted by atomic mass is 19.4. The molecule has 0 atom stereocenters. The summed E-state index contributed by atoms with van der Waals surface area (Å²) in [6.07, 6.45) is -8.37. The minimum atomic E-state index is -4.72. The van der Waals surface area contributed by atoms with E-state index < -0.39 is 35.5 Å². The second-order valence-corrected chi connectivity index (χ2v) is 6.81. The third-order valence-electron chi connectivity index (χ3n) is 4.82. The Morgan fingerprint density at radius 1 is 1.07 bits per heavy atom. The van der Waals surface area contributed by atoms with Gasteiger partial charge in [-0.2, -0.15) is 26.3 Å². The molecule has 0 bridgehead atoms. The maximum Gasteiger partial charge on any atom is 0.451 e. The van der Waals surface area contributed by atoms with Crippen molar-refractivity contribution < 1.29 is 26.3 Å². The summed E-state index contributed by atoms with van der Waals surface area (Å²) >= 11 is 0. The van der Waals surface area contributed by atoms with Crippen LogP contribution in [0.3, 0.4) is 0 Å². The van der Waals surface area contributed by atoms with Crippen LogP contribution in [0, 0.1) is 0 Å². The number of benzene rings is 1. The molecule has 0 N–H and O–H groups in total. The van der Waals surface area contributed by atoms with Gasteiger partial charge in [0.25, 0.3) is 0 Å². The van der Waals surface area contributed by atoms with Crippen LogP contribution in [0.15, 0.2) is 29.1 Å². The lowest BCUT2D eigenvalue weighted by Gasteiger charge is -2.31. The fraction of sp³-hybridized carbons (Fsp3) is 0.529. The normalized spacial score (nSPS) is 17.2. The summed E-state index contributed by atoms with van der Waals surface area (Å²) in [6.45, 7) is 1.16. The van der Waals surface area contributed by atoms with Crippen molar-refractivity contribution in [3.63, 3.8) is 0 Å². The van der Waals surface area contributed by atoms with Gasteiger partial charge >= 0.3 is 18.0 Å². The Kier molecular flexibility index (Phi) is 5.30. The van der Waals surface area contributed by atoms with E-state index in [-0.39, 0.29) is 0 Å². The van der Waals surface area contributed by atoms with Crippen LogP contribution in [0.1, 0.15) is 35.8 Å². The summed E-state index contributed by atoms with van der Waals surface area (Å²) in [5.74, 6) is -1.25. The number of rotatable bonds is 3. The van der Waals surface area contributed by atoms with Gasteiger partial charge in [-0.25, -0.2) is 9.48 Å². The second kappa shape index (κ2) is 7.26. The highest BCUT2D eigenvalue weighted by Crippen LogP contribution is 2.31. The van der Waals surface area contributed by atoms with Gasteiger partial charge in [0.05, 0.1) is 11.6 Å². The van der Waals surface area contributed by atoms with E-state index in [9.17, 15) is 31.1 Å². The standard InChI is InChI=1S/C17H18F6N4O/c1-25-14(17(21,22)23)24-27(15(25)28)13-5-7-26(8-6-13)10-11-3-2-4-12(9-11)16(18,19)20/h2-4,9,13H,5-8,10H2,1H3. The van der Waals surface area contributed by atoms with Crippen LogP contribution in [-0.4, -0.2) is 32.3 Å². The molecule has 2 aromatic rings. The minimum Gasteiger partial charge on any atom is -0.299 e. The lowest BCUT2D eigenvalue weighted by atomic mass is 10.0. The molecule has 1 saturated heterocycles. The topological polar surface area (TPSA) is 43.1 Å².